The minimum Gasteiger partial charge on any atom is -0.393 e. The molecule has 4 N–H and O–H groups in total. The second kappa shape index (κ2) is 6.95. The predicted octanol–water partition coefficient (Wildman–Crippen LogP) is 4.11. The smallest absolute Gasteiger partial charge is 0.159 e. The van der Waals surface area contributed by atoms with Crippen LogP contribution in [0, 0.1) is 5.82 Å². The van der Waals surface area contributed by atoms with Gasteiger partial charge in [0.1, 0.15) is 17.8 Å². The molecule has 5 nitrogen and oxygen atoms in total. The Hall–Kier alpha value is -3.15. The molecule has 0 bridgehead atoms. The minimum absolute atomic E-state index is 0.0183. The van der Waals surface area contributed by atoms with Crippen LogP contribution in [-0.4, -0.2) is 9.97 Å². The third kappa shape index (κ3) is 3.43. The molecule has 2 aromatic carbocycles. The van der Waals surface area contributed by atoms with Gasteiger partial charge in [-0.05, 0) is 24.6 Å². The predicted molar refractivity (Wildman–Crippen MR) is 94.6 cm³/mol. The first-order valence-electron chi connectivity index (χ1n) is 7.58. The van der Waals surface area contributed by atoms with Gasteiger partial charge in [-0.3, -0.25) is 0 Å². The number of rotatable bonds is 5. The second-order valence-corrected chi connectivity index (χ2v) is 5.37. The standard InChI is InChI=1S/C18H18FN5/c1-12(13-7-3-2-4-8-13)23-17-16(20)18(22-11-21-17)24-15-10-6-5-9-14(15)19/h2-12H,20H2,1H3,(H2,21,22,23,24). The number of anilines is 4. The van der Waals surface area contributed by atoms with Crippen molar-refractivity contribution in [2.75, 3.05) is 16.4 Å². The number of hydrogen-bond acceptors (Lipinski definition) is 5. The lowest BCUT2D eigenvalue weighted by Gasteiger charge is -2.17. The van der Waals surface area contributed by atoms with E-state index < -0.39 is 0 Å². The van der Waals surface area contributed by atoms with Crippen molar-refractivity contribution in [3.63, 3.8) is 0 Å². The summed E-state index contributed by atoms with van der Waals surface area (Å²) in [6, 6.07) is 16.3. The lowest BCUT2D eigenvalue weighted by atomic mass is 10.1. The number of nitrogens with two attached hydrogens (primary N) is 1. The van der Waals surface area contributed by atoms with Gasteiger partial charge < -0.3 is 16.4 Å². The normalized spacial score (nSPS) is 11.8. The Kier molecular flexibility index (Phi) is 4.56. The summed E-state index contributed by atoms with van der Waals surface area (Å²) in [5.74, 6) is 0.487. The van der Waals surface area contributed by atoms with E-state index in [2.05, 4.69) is 20.6 Å². The average Bonchev–Trinajstić information content (AvgIpc) is 2.61. The van der Waals surface area contributed by atoms with Crippen LogP contribution in [0.3, 0.4) is 0 Å². The highest BCUT2D eigenvalue weighted by Gasteiger charge is 2.13. The van der Waals surface area contributed by atoms with E-state index in [4.69, 9.17) is 5.73 Å². The lowest BCUT2D eigenvalue weighted by Crippen LogP contribution is -2.11. The van der Waals surface area contributed by atoms with E-state index in [-0.39, 0.29) is 11.9 Å². The molecule has 3 rings (SSSR count). The van der Waals surface area contributed by atoms with E-state index in [1.807, 2.05) is 37.3 Å². The zero-order valence-corrected chi connectivity index (χ0v) is 13.2. The van der Waals surface area contributed by atoms with E-state index in [1.165, 1.54) is 12.4 Å². The Morgan fingerprint density at radius 1 is 0.958 bits per heavy atom. The van der Waals surface area contributed by atoms with Crippen molar-refractivity contribution in [2.45, 2.75) is 13.0 Å². The van der Waals surface area contributed by atoms with Gasteiger partial charge in [0.25, 0.3) is 0 Å². The largest absolute Gasteiger partial charge is 0.393 e. The Morgan fingerprint density at radius 2 is 1.62 bits per heavy atom. The van der Waals surface area contributed by atoms with Gasteiger partial charge in [0.05, 0.1) is 11.7 Å². The molecule has 0 saturated heterocycles. The molecule has 1 heterocycles. The fourth-order valence-corrected chi connectivity index (χ4v) is 2.33. The highest BCUT2D eigenvalue weighted by Crippen LogP contribution is 2.29. The van der Waals surface area contributed by atoms with Crippen molar-refractivity contribution in [1.82, 2.24) is 9.97 Å². The number of hydrogen-bond donors (Lipinski definition) is 3. The SMILES string of the molecule is CC(Nc1ncnc(Nc2ccccc2F)c1N)c1ccccc1. The highest BCUT2D eigenvalue weighted by molar-refractivity contribution is 5.77. The molecule has 0 fully saturated rings. The fraction of sp³-hybridized carbons (Fsp3) is 0.111. The second-order valence-electron chi connectivity index (χ2n) is 5.37. The molecular weight excluding hydrogens is 305 g/mol. The molecule has 122 valence electrons. The number of halogens is 1. The van der Waals surface area contributed by atoms with Crippen molar-refractivity contribution in [3.05, 3.63) is 72.3 Å². The average molecular weight is 323 g/mol. The summed E-state index contributed by atoms with van der Waals surface area (Å²) in [6.07, 6.45) is 1.39. The third-order valence-electron chi connectivity index (χ3n) is 3.66. The molecule has 0 aliphatic rings. The van der Waals surface area contributed by atoms with E-state index >= 15 is 0 Å². The summed E-state index contributed by atoms with van der Waals surface area (Å²) in [4.78, 5) is 8.29. The Morgan fingerprint density at radius 3 is 2.38 bits per heavy atom. The first kappa shape index (κ1) is 15.7. The van der Waals surface area contributed by atoms with Gasteiger partial charge in [-0.15, -0.1) is 0 Å². The first-order valence-corrected chi connectivity index (χ1v) is 7.58. The van der Waals surface area contributed by atoms with Gasteiger partial charge in [-0.2, -0.15) is 0 Å². The Balaban J connectivity index is 1.82. The molecule has 0 saturated carbocycles. The van der Waals surface area contributed by atoms with E-state index in [0.717, 1.165) is 5.56 Å². The van der Waals surface area contributed by atoms with E-state index in [9.17, 15) is 4.39 Å². The summed E-state index contributed by atoms with van der Waals surface area (Å²) in [7, 11) is 0. The molecule has 0 spiro atoms. The van der Waals surface area contributed by atoms with E-state index in [1.54, 1.807) is 18.2 Å². The fourth-order valence-electron chi connectivity index (χ4n) is 2.33. The number of nitrogens with zero attached hydrogens (tertiary/aromatic N) is 2. The van der Waals surface area contributed by atoms with Crippen molar-refractivity contribution in [2.24, 2.45) is 0 Å². The highest BCUT2D eigenvalue weighted by atomic mass is 19.1. The van der Waals surface area contributed by atoms with Crippen LogP contribution in [0.25, 0.3) is 0 Å². The maximum absolute atomic E-state index is 13.8. The minimum atomic E-state index is -0.373. The topological polar surface area (TPSA) is 75.9 Å². The zero-order chi connectivity index (χ0) is 16.9. The van der Waals surface area contributed by atoms with Crippen LogP contribution >= 0.6 is 0 Å². The summed E-state index contributed by atoms with van der Waals surface area (Å²) in [6.45, 7) is 2.01. The van der Waals surface area contributed by atoms with Gasteiger partial charge in [0, 0.05) is 0 Å². The van der Waals surface area contributed by atoms with Crippen molar-refractivity contribution in [1.29, 1.82) is 0 Å². The van der Waals surface area contributed by atoms with Gasteiger partial charge in [-0.1, -0.05) is 42.5 Å². The monoisotopic (exact) mass is 323 g/mol. The summed E-state index contributed by atoms with van der Waals surface area (Å²) >= 11 is 0. The van der Waals surface area contributed by atoms with Gasteiger partial charge in [-0.25, -0.2) is 14.4 Å². The molecule has 3 aromatic rings. The molecule has 0 aliphatic heterocycles. The molecule has 1 aromatic heterocycles. The number of nitrogens with one attached hydrogen (secondary N) is 2. The molecule has 0 radical (unpaired) electrons. The van der Waals surface area contributed by atoms with Crippen LogP contribution in [0.15, 0.2) is 60.9 Å². The van der Waals surface area contributed by atoms with Crippen LogP contribution in [-0.2, 0) is 0 Å². The third-order valence-corrected chi connectivity index (χ3v) is 3.66. The zero-order valence-electron chi connectivity index (χ0n) is 13.2. The van der Waals surface area contributed by atoms with Gasteiger partial charge >= 0.3 is 0 Å². The van der Waals surface area contributed by atoms with E-state index in [0.29, 0.717) is 23.0 Å². The summed E-state index contributed by atoms with van der Waals surface area (Å²) < 4.78 is 13.8. The van der Waals surface area contributed by atoms with Crippen molar-refractivity contribution >= 4 is 23.0 Å². The van der Waals surface area contributed by atoms with Crippen molar-refractivity contribution < 1.29 is 4.39 Å². The summed E-state index contributed by atoms with van der Waals surface area (Å²) in [5.41, 5.74) is 7.89. The van der Waals surface area contributed by atoms with Crippen LogP contribution in [0.2, 0.25) is 0 Å². The number of benzene rings is 2. The van der Waals surface area contributed by atoms with Crippen LogP contribution in [0.1, 0.15) is 18.5 Å². The lowest BCUT2D eigenvalue weighted by molar-refractivity contribution is 0.632. The van der Waals surface area contributed by atoms with Gasteiger partial charge in [0.15, 0.2) is 11.6 Å². The van der Waals surface area contributed by atoms with Crippen LogP contribution in [0.5, 0.6) is 0 Å². The molecule has 24 heavy (non-hydrogen) atoms. The number of aromatic nitrogens is 2. The molecule has 1 unspecified atom stereocenters. The Bertz CT molecular complexity index is 823. The van der Waals surface area contributed by atoms with Crippen LogP contribution in [0.4, 0.5) is 27.4 Å². The maximum Gasteiger partial charge on any atom is 0.159 e. The quantitative estimate of drug-likeness (QED) is 0.658. The maximum atomic E-state index is 13.8. The molecule has 0 aliphatic carbocycles. The molecule has 6 heteroatoms. The van der Waals surface area contributed by atoms with Crippen molar-refractivity contribution in [3.8, 4) is 0 Å². The molecule has 1 atom stereocenters. The first-order chi connectivity index (χ1) is 11.6. The van der Waals surface area contributed by atoms with Gasteiger partial charge in [0.2, 0.25) is 0 Å². The molecule has 0 amide bonds. The van der Waals surface area contributed by atoms with Crippen LogP contribution < -0.4 is 16.4 Å². The Labute approximate surface area is 139 Å². The number of nitrogen functional groups attached to an aromatic ring is 1. The number of para-hydroxylation sites is 1. The molecular formula is C18H18FN5. The summed E-state index contributed by atoms with van der Waals surface area (Å²) in [5, 5.41) is 6.16.